The van der Waals surface area contributed by atoms with Gasteiger partial charge in [0.1, 0.15) is 5.75 Å². The standard InChI is InChI=1S/C16H16O3/c1-11-6-7-15(19-2)14(8-11)10-12-4-3-5-13(9-12)16(17)18/h3-9H,10H2,1-2H3,(H,17,18). The molecule has 0 saturated carbocycles. The van der Waals surface area contributed by atoms with Gasteiger partial charge in [-0.25, -0.2) is 4.79 Å². The molecular formula is C16H16O3. The van der Waals surface area contributed by atoms with E-state index in [1.54, 1.807) is 25.3 Å². The van der Waals surface area contributed by atoms with E-state index in [4.69, 9.17) is 9.84 Å². The number of carboxylic acids is 1. The van der Waals surface area contributed by atoms with Gasteiger partial charge < -0.3 is 9.84 Å². The summed E-state index contributed by atoms with van der Waals surface area (Å²) in [5.41, 5.74) is 3.49. The zero-order valence-corrected chi connectivity index (χ0v) is 11.0. The molecule has 3 nitrogen and oxygen atoms in total. The summed E-state index contributed by atoms with van der Waals surface area (Å²) >= 11 is 0. The maximum Gasteiger partial charge on any atom is 0.335 e. The van der Waals surface area contributed by atoms with E-state index in [1.165, 1.54) is 0 Å². The molecule has 2 aromatic carbocycles. The van der Waals surface area contributed by atoms with Crippen molar-refractivity contribution >= 4 is 5.97 Å². The molecular weight excluding hydrogens is 240 g/mol. The molecule has 0 unspecified atom stereocenters. The molecule has 0 aromatic heterocycles. The van der Waals surface area contributed by atoms with E-state index in [0.29, 0.717) is 12.0 Å². The lowest BCUT2D eigenvalue weighted by molar-refractivity contribution is 0.0697. The van der Waals surface area contributed by atoms with E-state index in [-0.39, 0.29) is 0 Å². The van der Waals surface area contributed by atoms with Crippen molar-refractivity contribution < 1.29 is 14.6 Å². The van der Waals surface area contributed by atoms with Gasteiger partial charge >= 0.3 is 5.97 Å². The number of aryl methyl sites for hydroxylation is 1. The van der Waals surface area contributed by atoms with E-state index in [9.17, 15) is 4.79 Å². The zero-order chi connectivity index (χ0) is 13.8. The van der Waals surface area contributed by atoms with Gasteiger partial charge in [0.2, 0.25) is 0 Å². The summed E-state index contributed by atoms with van der Waals surface area (Å²) < 4.78 is 5.33. The molecule has 0 amide bonds. The summed E-state index contributed by atoms with van der Waals surface area (Å²) in [6.45, 7) is 2.02. The molecule has 0 bridgehead atoms. The van der Waals surface area contributed by atoms with Crippen molar-refractivity contribution in [1.82, 2.24) is 0 Å². The number of rotatable bonds is 4. The van der Waals surface area contributed by atoms with Gasteiger partial charge in [0.15, 0.2) is 0 Å². The fourth-order valence-corrected chi connectivity index (χ4v) is 2.08. The van der Waals surface area contributed by atoms with Crippen LogP contribution in [0.1, 0.15) is 27.0 Å². The van der Waals surface area contributed by atoms with E-state index < -0.39 is 5.97 Å². The predicted molar refractivity (Wildman–Crippen MR) is 73.9 cm³/mol. The van der Waals surface area contributed by atoms with Crippen molar-refractivity contribution in [3.8, 4) is 5.75 Å². The van der Waals surface area contributed by atoms with Crippen LogP contribution >= 0.6 is 0 Å². The Kier molecular flexibility index (Phi) is 3.85. The first-order chi connectivity index (χ1) is 9.10. The predicted octanol–water partition coefficient (Wildman–Crippen LogP) is 3.29. The van der Waals surface area contributed by atoms with E-state index in [0.717, 1.165) is 22.4 Å². The molecule has 0 heterocycles. The van der Waals surface area contributed by atoms with Crippen LogP contribution in [0.3, 0.4) is 0 Å². The molecule has 0 atom stereocenters. The van der Waals surface area contributed by atoms with Crippen LogP contribution in [0, 0.1) is 6.92 Å². The lowest BCUT2D eigenvalue weighted by Crippen LogP contribution is -1.99. The highest BCUT2D eigenvalue weighted by Crippen LogP contribution is 2.23. The highest BCUT2D eigenvalue weighted by atomic mass is 16.5. The lowest BCUT2D eigenvalue weighted by atomic mass is 10.0. The molecule has 0 saturated heterocycles. The number of methoxy groups -OCH3 is 1. The molecule has 0 aliphatic carbocycles. The van der Waals surface area contributed by atoms with Crippen molar-refractivity contribution in [2.45, 2.75) is 13.3 Å². The number of hydrogen-bond donors (Lipinski definition) is 1. The number of aromatic carboxylic acids is 1. The molecule has 98 valence electrons. The Bertz CT molecular complexity index is 603. The largest absolute Gasteiger partial charge is 0.496 e. The normalized spacial score (nSPS) is 10.2. The topological polar surface area (TPSA) is 46.5 Å². The summed E-state index contributed by atoms with van der Waals surface area (Å²) in [6.07, 6.45) is 0.659. The Labute approximate surface area is 112 Å². The van der Waals surface area contributed by atoms with E-state index in [1.807, 2.05) is 25.1 Å². The lowest BCUT2D eigenvalue weighted by Gasteiger charge is -2.10. The maximum atomic E-state index is 11.0. The van der Waals surface area contributed by atoms with Crippen molar-refractivity contribution in [2.24, 2.45) is 0 Å². The Morgan fingerprint density at radius 1 is 1.21 bits per heavy atom. The first kappa shape index (κ1) is 13.1. The summed E-state index contributed by atoms with van der Waals surface area (Å²) in [5.74, 6) is -0.0793. The molecule has 0 aliphatic rings. The van der Waals surface area contributed by atoms with Crippen molar-refractivity contribution in [2.75, 3.05) is 7.11 Å². The summed E-state index contributed by atoms with van der Waals surface area (Å²) in [4.78, 5) is 11.0. The summed E-state index contributed by atoms with van der Waals surface area (Å²) in [6, 6.07) is 13.0. The third kappa shape index (κ3) is 3.13. The molecule has 0 aliphatic heterocycles. The van der Waals surface area contributed by atoms with Gasteiger partial charge in [-0.05, 0) is 36.2 Å². The molecule has 2 aromatic rings. The van der Waals surface area contributed by atoms with Crippen LogP contribution in [0.25, 0.3) is 0 Å². The Hall–Kier alpha value is -2.29. The second kappa shape index (κ2) is 5.57. The smallest absolute Gasteiger partial charge is 0.335 e. The van der Waals surface area contributed by atoms with Crippen molar-refractivity contribution in [3.63, 3.8) is 0 Å². The molecule has 0 spiro atoms. The van der Waals surface area contributed by atoms with Gasteiger partial charge in [-0.15, -0.1) is 0 Å². The monoisotopic (exact) mass is 256 g/mol. The highest BCUT2D eigenvalue weighted by Gasteiger charge is 2.07. The number of hydrogen-bond acceptors (Lipinski definition) is 2. The Balaban J connectivity index is 2.33. The van der Waals surface area contributed by atoms with Crippen molar-refractivity contribution in [1.29, 1.82) is 0 Å². The van der Waals surface area contributed by atoms with Crippen LogP contribution in [0.15, 0.2) is 42.5 Å². The number of ether oxygens (including phenoxy) is 1. The minimum absolute atomic E-state index is 0.309. The van der Waals surface area contributed by atoms with Crippen LogP contribution in [0.4, 0.5) is 0 Å². The Morgan fingerprint density at radius 2 is 2.00 bits per heavy atom. The molecule has 1 N–H and O–H groups in total. The number of benzene rings is 2. The van der Waals surface area contributed by atoms with Gasteiger partial charge in [-0.3, -0.25) is 0 Å². The van der Waals surface area contributed by atoms with E-state index >= 15 is 0 Å². The quantitative estimate of drug-likeness (QED) is 0.913. The minimum atomic E-state index is -0.905. The fraction of sp³-hybridized carbons (Fsp3) is 0.188. The molecule has 2 rings (SSSR count). The Morgan fingerprint density at radius 3 is 2.68 bits per heavy atom. The van der Waals surface area contributed by atoms with Gasteiger partial charge in [-0.1, -0.05) is 29.8 Å². The minimum Gasteiger partial charge on any atom is -0.496 e. The summed E-state index contributed by atoms with van der Waals surface area (Å²) in [5, 5.41) is 9.00. The summed E-state index contributed by atoms with van der Waals surface area (Å²) in [7, 11) is 1.64. The SMILES string of the molecule is COc1ccc(C)cc1Cc1cccc(C(=O)O)c1. The van der Waals surface area contributed by atoms with Crippen LogP contribution < -0.4 is 4.74 Å². The average molecular weight is 256 g/mol. The van der Waals surface area contributed by atoms with Crippen molar-refractivity contribution in [3.05, 3.63) is 64.7 Å². The first-order valence-corrected chi connectivity index (χ1v) is 6.06. The van der Waals surface area contributed by atoms with Crippen LogP contribution in [0.2, 0.25) is 0 Å². The number of carbonyl (C=O) groups is 1. The first-order valence-electron chi connectivity index (χ1n) is 6.06. The van der Waals surface area contributed by atoms with Gasteiger partial charge in [0.25, 0.3) is 0 Å². The van der Waals surface area contributed by atoms with E-state index in [2.05, 4.69) is 6.07 Å². The fourth-order valence-electron chi connectivity index (χ4n) is 2.08. The average Bonchev–Trinajstić information content (AvgIpc) is 2.39. The molecule has 0 radical (unpaired) electrons. The van der Waals surface area contributed by atoms with Gasteiger partial charge in [0, 0.05) is 6.42 Å². The molecule has 19 heavy (non-hydrogen) atoms. The second-order valence-electron chi connectivity index (χ2n) is 4.50. The van der Waals surface area contributed by atoms with Crippen LogP contribution in [-0.2, 0) is 6.42 Å². The second-order valence-corrected chi connectivity index (χ2v) is 4.50. The third-order valence-electron chi connectivity index (χ3n) is 3.00. The number of carboxylic acid groups (broad SMARTS) is 1. The van der Waals surface area contributed by atoms with Crippen LogP contribution in [-0.4, -0.2) is 18.2 Å². The van der Waals surface area contributed by atoms with Gasteiger partial charge in [0.05, 0.1) is 12.7 Å². The zero-order valence-electron chi connectivity index (χ0n) is 11.0. The molecule has 0 fully saturated rings. The van der Waals surface area contributed by atoms with Gasteiger partial charge in [-0.2, -0.15) is 0 Å². The molecule has 3 heteroatoms. The maximum absolute atomic E-state index is 11.0. The van der Waals surface area contributed by atoms with Crippen LogP contribution in [0.5, 0.6) is 5.75 Å². The third-order valence-corrected chi connectivity index (χ3v) is 3.00. The highest BCUT2D eigenvalue weighted by molar-refractivity contribution is 5.87.